The molecule has 3 rings (SSSR count). The van der Waals surface area contributed by atoms with Gasteiger partial charge in [0.1, 0.15) is 0 Å². The molecule has 19 heavy (non-hydrogen) atoms. The number of carbonyl (C=O) groups excluding carboxylic acids is 1. The first-order chi connectivity index (χ1) is 9.15. The predicted molar refractivity (Wildman–Crippen MR) is 77.3 cm³/mol. The van der Waals surface area contributed by atoms with Gasteiger partial charge in [0.05, 0.1) is 0 Å². The third kappa shape index (κ3) is 1.99. The van der Waals surface area contributed by atoms with E-state index in [0.29, 0.717) is 16.8 Å². The SMILES string of the molecule is Cc1cc(N)cc(C(=O)c2c[nH]c3ccccc23)c1. The summed E-state index contributed by atoms with van der Waals surface area (Å²) >= 11 is 0. The third-order valence-electron chi connectivity index (χ3n) is 3.20. The number of aromatic amines is 1. The summed E-state index contributed by atoms with van der Waals surface area (Å²) in [5.74, 6) is -0.00662. The summed E-state index contributed by atoms with van der Waals surface area (Å²) in [4.78, 5) is 15.7. The molecule has 0 aliphatic carbocycles. The molecule has 0 spiro atoms. The second-order valence-electron chi connectivity index (χ2n) is 4.71. The Morgan fingerprint density at radius 3 is 2.74 bits per heavy atom. The van der Waals surface area contributed by atoms with Crippen LogP contribution in [0, 0.1) is 6.92 Å². The Morgan fingerprint density at radius 2 is 1.95 bits per heavy atom. The molecule has 3 nitrogen and oxygen atoms in total. The molecule has 1 aromatic heterocycles. The predicted octanol–water partition coefficient (Wildman–Crippen LogP) is 3.29. The number of anilines is 1. The monoisotopic (exact) mass is 250 g/mol. The highest BCUT2D eigenvalue weighted by atomic mass is 16.1. The van der Waals surface area contributed by atoms with Crippen LogP contribution in [-0.2, 0) is 0 Å². The van der Waals surface area contributed by atoms with Gasteiger partial charge in [-0.15, -0.1) is 0 Å². The summed E-state index contributed by atoms with van der Waals surface area (Å²) in [6.45, 7) is 1.93. The minimum absolute atomic E-state index is 0.00662. The lowest BCUT2D eigenvalue weighted by Gasteiger charge is -2.03. The number of carbonyl (C=O) groups is 1. The summed E-state index contributed by atoms with van der Waals surface area (Å²) in [6, 6.07) is 13.2. The summed E-state index contributed by atoms with van der Waals surface area (Å²) in [6.07, 6.45) is 1.76. The van der Waals surface area contributed by atoms with Gasteiger partial charge in [0.2, 0.25) is 0 Å². The fourth-order valence-electron chi connectivity index (χ4n) is 2.36. The van der Waals surface area contributed by atoms with Crippen molar-refractivity contribution < 1.29 is 4.79 Å². The van der Waals surface area contributed by atoms with Crippen LogP contribution >= 0.6 is 0 Å². The third-order valence-corrected chi connectivity index (χ3v) is 3.20. The van der Waals surface area contributed by atoms with Crippen LogP contribution in [0.4, 0.5) is 5.69 Å². The number of nitrogens with two attached hydrogens (primary N) is 1. The Kier molecular flexibility index (Phi) is 2.60. The van der Waals surface area contributed by atoms with Gasteiger partial charge in [-0.3, -0.25) is 4.79 Å². The first-order valence-corrected chi connectivity index (χ1v) is 6.13. The van der Waals surface area contributed by atoms with Crippen molar-refractivity contribution in [2.75, 3.05) is 5.73 Å². The molecule has 0 saturated heterocycles. The molecular weight excluding hydrogens is 236 g/mol. The maximum Gasteiger partial charge on any atom is 0.195 e. The van der Waals surface area contributed by atoms with E-state index in [1.165, 1.54) is 0 Å². The maximum atomic E-state index is 12.6. The van der Waals surface area contributed by atoms with E-state index in [2.05, 4.69) is 4.98 Å². The van der Waals surface area contributed by atoms with Crippen LogP contribution in [0.15, 0.2) is 48.7 Å². The van der Waals surface area contributed by atoms with Gasteiger partial charge in [0.15, 0.2) is 5.78 Å². The molecule has 1 heterocycles. The van der Waals surface area contributed by atoms with E-state index in [1.54, 1.807) is 12.3 Å². The number of H-pyrrole nitrogens is 1. The van der Waals surface area contributed by atoms with Crippen molar-refractivity contribution in [3.63, 3.8) is 0 Å². The number of ketones is 1. The highest BCUT2D eigenvalue weighted by molar-refractivity contribution is 6.16. The first-order valence-electron chi connectivity index (χ1n) is 6.13. The average molecular weight is 250 g/mol. The zero-order valence-corrected chi connectivity index (χ0v) is 10.6. The summed E-state index contributed by atoms with van der Waals surface area (Å²) in [5.41, 5.74) is 9.68. The van der Waals surface area contributed by atoms with Crippen molar-refractivity contribution in [1.29, 1.82) is 0 Å². The number of rotatable bonds is 2. The van der Waals surface area contributed by atoms with Crippen molar-refractivity contribution in [2.24, 2.45) is 0 Å². The van der Waals surface area contributed by atoms with E-state index < -0.39 is 0 Å². The molecule has 0 saturated carbocycles. The standard InChI is InChI=1S/C16H14N2O/c1-10-6-11(8-12(17)7-10)16(19)14-9-18-15-5-3-2-4-13(14)15/h2-9,18H,17H2,1H3. The van der Waals surface area contributed by atoms with Gasteiger partial charge in [-0.1, -0.05) is 18.2 Å². The van der Waals surface area contributed by atoms with Crippen LogP contribution in [0.3, 0.4) is 0 Å². The number of hydrogen-bond donors (Lipinski definition) is 2. The molecule has 3 heteroatoms. The van der Waals surface area contributed by atoms with Crippen molar-refractivity contribution in [2.45, 2.75) is 6.92 Å². The van der Waals surface area contributed by atoms with Crippen LogP contribution in [0.2, 0.25) is 0 Å². The Hall–Kier alpha value is -2.55. The Balaban J connectivity index is 2.13. The normalized spacial score (nSPS) is 10.8. The van der Waals surface area contributed by atoms with E-state index in [9.17, 15) is 4.79 Å². The topological polar surface area (TPSA) is 58.9 Å². The van der Waals surface area contributed by atoms with E-state index in [1.807, 2.05) is 43.3 Å². The Labute approximate surface area is 111 Å². The fraction of sp³-hybridized carbons (Fsp3) is 0.0625. The smallest absolute Gasteiger partial charge is 0.195 e. The minimum Gasteiger partial charge on any atom is -0.399 e. The largest absolute Gasteiger partial charge is 0.399 e. The molecule has 0 radical (unpaired) electrons. The molecule has 0 unspecified atom stereocenters. The quantitative estimate of drug-likeness (QED) is 0.541. The minimum atomic E-state index is -0.00662. The number of nitrogens with one attached hydrogen (secondary N) is 1. The van der Waals surface area contributed by atoms with Gasteiger partial charge in [-0.25, -0.2) is 0 Å². The second kappa shape index (κ2) is 4.28. The van der Waals surface area contributed by atoms with E-state index >= 15 is 0 Å². The lowest BCUT2D eigenvalue weighted by molar-refractivity contribution is 0.104. The molecule has 3 aromatic rings. The number of benzene rings is 2. The van der Waals surface area contributed by atoms with Crippen LogP contribution < -0.4 is 5.73 Å². The number of fused-ring (bicyclic) bond motifs is 1. The van der Waals surface area contributed by atoms with E-state index in [4.69, 9.17) is 5.73 Å². The Bertz CT molecular complexity index is 751. The molecule has 0 fully saturated rings. The maximum absolute atomic E-state index is 12.6. The zero-order chi connectivity index (χ0) is 13.4. The number of nitrogen functional groups attached to an aromatic ring is 1. The van der Waals surface area contributed by atoms with Crippen LogP contribution in [0.1, 0.15) is 21.5 Å². The first kappa shape index (κ1) is 11.5. The van der Waals surface area contributed by atoms with Crippen LogP contribution in [0.5, 0.6) is 0 Å². The van der Waals surface area contributed by atoms with Crippen molar-refractivity contribution in [1.82, 2.24) is 4.98 Å². The number of aryl methyl sites for hydroxylation is 1. The van der Waals surface area contributed by atoms with Gasteiger partial charge in [0.25, 0.3) is 0 Å². The van der Waals surface area contributed by atoms with E-state index in [-0.39, 0.29) is 5.78 Å². The second-order valence-corrected chi connectivity index (χ2v) is 4.71. The van der Waals surface area contributed by atoms with Crippen LogP contribution in [-0.4, -0.2) is 10.8 Å². The lowest BCUT2D eigenvalue weighted by Crippen LogP contribution is -2.02. The molecular formula is C16H14N2O. The van der Waals surface area contributed by atoms with E-state index in [0.717, 1.165) is 16.5 Å². The summed E-state index contributed by atoms with van der Waals surface area (Å²) < 4.78 is 0. The number of hydrogen-bond acceptors (Lipinski definition) is 2. The molecule has 3 N–H and O–H groups in total. The summed E-state index contributed by atoms with van der Waals surface area (Å²) in [7, 11) is 0. The number of aromatic nitrogens is 1. The molecule has 94 valence electrons. The zero-order valence-electron chi connectivity index (χ0n) is 10.6. The lowest BCUT2D eigenvalue weighted by atomic mass is 10.0. The highest BCUT2D eigenvalue weighted by Crippen LogP contribution is 2.22. The molecule has 0 bridgehead atoms. The van der Waals surface area contributed by atoms with Crippen molar-refractivity contribution in [3.05, 3.63) is 65.4 Å². The molecule has 0 aliphatic rings. The van der Waals surface area contributed by atoms with Gasteiger partial charge in [-0.2, -0.15) is 0 Å². The molecule has 0 amide bonds. The number of para-hydroxylation sites is 1. The summed E-state index contributed by atoms with van der Waals surface area (Å²) in [5, 5.41) is 0.938. The van der Waals surface area contributed by atoms with Gasteiger partial charge in [-0.05, 0) is 36.8 Å². The van der Waals surface area contributed by atoms with Gasteiger partial charge < -0.3 is 10.7 Å². The van der Waals surface area contributed by atoms with Gasteiger partial charge in [0, 0.05) is 33.9 Å². The van der Waals surface area contributed by atoms with Crippen molar-refractivity contribution >= 4 is 22.4 Å². The molecule has 0 atom stereocenters. The molecule has 0 aliphatic heterocycles. The van der Waals surface area contributed by atoms with Gasteiger partial charge >= 0.3 is 0 Å². The van der Waals surface area contributed by atoms with Crippen LogP contribution in [0.25, 0.3) is 10.9 Å². The average Bonchev–Trinajstić information content (AvgIpc) is 2.80. The molecule has 2 aromatic carbocycles. The Morgan fingerprint density at radius 1 is 1.16 bits per heavy atom. The van der Waals surface area contributed by atoms with Crippen molar-refractivity contribution in [3.8, 4) is 0 Å². The fourth-order valence-corrected chi connectivity index (χ4v) is 2.36. The highest BCUT2D eigenvalue weighted by Gasteiger charge is 2.14.